The van der Waals surface area contributed by atoms with Crippen LogP contribution in [0.1, 0.15) is 12.6 Å². The SMILES string of the molecule is Nc1ncnc2c1ncn2[C@@H]1O[C@H]([C@@H](CP(=O)(O)OP(=O)(O)OP(=O)(O)O)SCC[C@H](N)C(=O)O)[C@@H](O)[C@H]1O. The Morgan fingerprint density at radius 3 is 2.41 bits per heavy atom. The molecule has 0 aromatic carbocycles. The number of fused-ring (bicyclic) bond motifs is 1. The Morgan fingerprint density at radius 1 is 1.13 bits per heavy atom. The van der Waals surface area contributed by atoms with E-state index >= 15 is 0 Å². The van der Waals surface area contributed by atoms with Crippen molar-refractivity contribution in [2.45, 2.75) is 42.3 Å². The molecule has 24 heteroatoms. The maximum Gasteiger partial charge on any atom is 0.488 e. The number of aliphatic hydroxyl groups excluding tert-OH is 2. The van der Waals surface area contributed by atoms with E-state index in [4.69, 9.17) is 31.1 Å². The number of anilines is 1. The topological polar surface area (TPSA) is 333 Å². The van der Waals surface area contributed by atoms with Gasteiger partial charge in [0, 0.05) is 5.25 Å². The molecule has 1 fully saturated rings. The van der Waals surface area contributed by atoms with Crippen LogP contribution in [0, 0.1) is 0 Å². The molecular formula is C15H25N6O14P3S. The molecular weight excluding hydrogens is 613 g/mol. The van der Waals surface area contributed by atoms with Gasteiger partial charge in [0.25, 0.3) is 0 Å². The van der Waals surface area contributed by atoms with Gasteiger partial charge in [0.2, 0.25) is 0 Å². The van der Waals surface area contributed by atoms with Crippen molar-refractivity contribution in [3.63, 3.8) is 0 Å². The number of carboxylic acid groups (broad SMARTS) is 1. The lowest BCUT2D eigenvalue weighted by Crippen LogP contribution is -2.39. The fourth-order valence-corrected chi connectivity index (χ4v) is 9.35. The summed E-state index contributed by atoms with van der Waals surface area (Å²) in [4.78, 5) is 60.1. The molecule has 20 nitrogen and oxygen atoms in total. The van der Waals surface area contributed by atoms with Crippen molar-refractivity contribution in [3.8, 4) is 0 Å². The number of thioether (sulfide) groups is 1. The number of hydrogen-bond acceptors (Lipinski definition) is 15. The Morgan fingerprint density at radius 2 is 1.79 bits per heavy atom. The van der Waals surface area contributed by atoms with Gasteiger partial charge in [-0.2, -0.15) is 16.1 Å². The zero-order valence-electron chi connectivity index (χ0n) is 19.4. The minimum atomic E-state index is -5.76. The van der Waals surface area contributed by atoms with Gasteiger partial charge >= 0.3 is 29.2 Å². The minimum absolute atomic E-state index is 0.0101. The van der Waals surface area contributed by atoms with Gasteiger partial charge in [-0.25, -0.2) is 28.4 Å². The van der Waals surface area contributed by atoms with E-state index < -0.39 is 71.2 Å². The maximum atomic E-state index is 12.7. The van der Waals surface area contributed by atoms with Crippen LogP contribution in [0.4, 0.5) is 5.82 Å². The molecule has 3 heterocycles. The second kappa shape index (κ2) is 12.1. The average Bonchev–Trinajstić information content (AvgIpc) is 3.32. The van der Waals surface area contributed by atoms with E-state index in [-0.39, 0.29) is 29.2 Å². The minimum Gasteiger partial charge on any atom is -0.480 e. The number of nitrogens with zero attached hydrogens (tertiary/aromatic N) is 4. The summed E-state index contributed by atoms with van der Waals surface area (Å²) in [5, 5.41) is 29.1. The van der Waals surface area contributed by atoms with E-state index in [9.17, 15) is 38.5 Å². The first-order valence-corrected chi connectivity index (χ1v) is 16.4. The first-order valence-electron chi connectivity index (χ1n) is 10.6. The van der Waals surface area contributed by atoms with Crippen molar-refractivity contribution in [3.05, 3.63) is 12.7 Å². The summed E-state index contributed by atoms with van der Waals surface area (Å²) in [5.41, 5.74) is 11.5. The highest BCUT2D eigenvalue weighted by atomic mass is 32.2. The lowest BCUT2D eigenvalue weighted by Gasteiger charge is -2.27. The molecule has 220 valence electrons. The van der Waals surface area contributed by atoms with Gasteiger partial charge in [0.15, 0.2) is 17.7 Å². The van der Waals surface area contributed by atoms with E-state index in [1.165, 1.54) is 10.9 Å². The molecule has 3 rings (SSSR count). The molecule has 1 saturated heterocycles. The quantitative estimate of drug-likeness (QED) is 0.111. The number of carboxylic acids is 1. The smallest absolute Gasteiger partial charge is 0.480 e. The van der Waals surface area contributed by atoms with Crippen LogP contribution in [-0.2, 0) is 31.8 Å². The van der Waals surface area contributed by atoms with Gasteiger partial charge in [-0.3, -0.25) is 13.9 Å². The summed E-state index contributed by atoms with van der Waals surface area (Å²) in [7, 11) is -16.6. The van der Waals surface area contributed by atoms with Gasteiger partial charge in [-0.05, 0) is 12.2 Å². The Labute approximate surface area is 222 Å². The van der Waals surface area contributed by atoms with Crippen LogP contribution >= 0.6 is 35.0 Å². The third-order valence-electron chi connectivity index (χ3n) is 5.23. The summed E-state index contributed by atoms with van der Waals surface area (Å²) in [5.74, 6) is -1.42. The largest absolute Gasteiger partial charge is 0.488 e. The average molecular weight is 638 g/mol. The summed E-state index contributed by atoms with van der Waals surface area (Å²) in [6, 6.07) is -1.32. The zero-order chi connectivity index (χ0) is 29.3. The number of carbonyl (C=O) groups is 1. The summed E-state index contributed by atoms with van der Waals surface area (Å²) >= 11 is 0.754. The molecule has 2 aromatic heterocycles. The molecule has 0 aliphatic carbocycles. The van der Waals surface area contributed by atoms with Crippen molar-refractivity contribution in [1.82, 2.24) is 19.5 Å². The van der Waals surface area contributed by atoms with Crippen LogP contribution in [0.15, 0.2) is 12.7 Å². The number of rotatable bonds is 13. The third kappa shape index (κ3) is 8.25. The second-order valence-corrected chi connectivity index (χ2v) is 14.4. The molecule has 11 N–H and O–H groups in total. The van der Waals surface area contributed by atoms with Crippen LogP contribution in [0.2, 0.25) is 0 Å². The number of aliphatic carboxylic acids is 1. The number of phosphoric acid groups is 2. The van der Waals surface area contributed by atoms with Crippen LogP contribution in [-0.4, -0.2) is 102 Å². The van der Waals surface area contributed by atoms with E-state index in [1.807, 2.05) is 0 Å². The first-order chi connectivity index (χ1) is 17.9. The van der Waals surface area contributed by atoms with E-state index in [1.54, 1.807) is 0 Å². The highest BCUT2D eigenvalue weighted by Gasteiger charge is 2.50. The van der Waals surface area contributed by atoms with Crippen LogP contribution < -0.4 is 11.5 Å². The number of nitrogens with two attached hydrogens (primary N) is 2. The van der Waals surface area contributed by atoms with Crippen molar-refractivity contribution in [2.75, 3.05) is 17.6 Å². The molecule has 0 saturated carbocycles. The number of ether oxygens (including phenoxy) is 1. The van der Waals surface area contributed by atoms with Crippen molar-refractivity contribution >= 4 is 58.0 Å². The Bertz CT molecular complexity index is 1340. The van der Waals surface area contributed by atoms with Gasteiger partial charge in [-0.1, -0.05) is 0 Å². The predicted octanol–water partition coefficient (Wildman–Crippen LogP) is -1.66. The number of aromatic nitrogens is 4. The summed E-state index contributed by atoms with van der Waals surface area (Å²) in [6.45, 7) is 0. The second-order valence-electron chi connectivity index (χ2n) is 8.14. The summed E-state index contributed by atoms with van der Waals surface area (Å²) in [6.07, 6.45) is -5.22. The number of nitrogen functional groups attached to an aromatic ring is 1. The third-order valence-corrected chi connectivity index (χ3v) is 11.2. The molecule has 0 radical (unpaired) electrons. The van der Waals surface area contributed by atoms with Gasteiger partial charge in [-0.15, -0.1) is 0 Å². The fraction of sp³-hybridized carbons (Fsp3) is 0.600. The molecule has 0 bridgehead atoms. The van der Waals surface area contributed by atoms with Crippen LogP contribution in [0.5, 0.6) is 0 Å². The molecule has 2 unspecified atom stereocenters. The summed E-state index contributed by atoms with van der Waals surface area (Å²) < 4.78 is 50.1. The highest BCUT2D eigenvalue weighted by Crippen LogP contribution is 2.66. The lowest BCUT2D eigenvalue weighted by atomic mass is 10.1. The van der Waals surface area contributed by atoms with Crippen LogP contribution in [0.3, 0.4) is 0 Å². The Kier molecular flexibility index (Phi) is 9.95. The first kappa shape index (κ1) is 32.0. The van der Waals surface area contributed by atoms with Crippen LogP contribution in [0.25, 0.3) is 11.2 Å². The number of imidazole rings is 1. The standard InChI is InChI=1S/C15H25N6O14P3S/c16-6(15(24)25)1-2-39-7(3-36(26,27)34-38(31,32)35-37(28,29)30)11-9(22)10(23)14(33-11)21-5-20-8-12(17)18-4-19-13(8)21/h4-7,9-11,14,22-23H,1-3,16H2,(H,24,25)(H,26,27)(H,31,32)(H2,17,18,19)(H2,28,29,30)/t6-,7+,9-,10+,11+,14+/m0/s1. The monoisotopic (exact) mass is 638 g/mol. The fourth-order valence-electron chi connectivity index (χ4n) is 3.57. The van der Waals surface area contributed by atoms with Crippen molar-refractivity contribution in [1.29, 1.82) is 0 Å². The van der Waals surface area contributed by atoms with E-state index in [0.717, 1.165) is 18.1 Å². The molecule has 0 amide bonds. The predicted molar refractivity (Wildman–Crippen MR) is 131 cm³/mol. The maximum absolute atomic E-state index is 12.7. The molecule has 39 heavy (non-hydrogen) atoms. The number of hydrogen-bond donors (Lipinski definition) is 9. The lowest BCUT2D eigenvalue weighted by molar-refractivity contribution is -0.138. The normalized spacial score (nSPS) is 26.6. The Balaban J connectivity index is 1.86. The molecule has 0 spiro atoms. The molecule has 1 aliphatic heterocycles. The highest BCUT2D eigenvalue weighted by molar-refractivity contribution is 8.00. The number of aliphatic hydroxyl groups is 2. The van der Waals surface area contributed by atoms with Gasteiger partial charge in [0.05, 0.1) is 12.5 Å². The van der Waals surface area contributed by atoms with Gasteiger partial charge < -0.3 is 51.1 Å². The molecule has 2 aromatic rings. The van der Waals surface area contributed by atoms with Crippen molar-refractivity contribution in [2.24, 2.45) is 5.73 Å². The van der Waals surface area contributed by atoms with Gasteiger partial charge in [0.1, 0.15) is 36.2 Å². The molecule has 1 aliphatic rings. The van der Waals surface area contributed by atoms with Crippen molar-refractivity contribution < 1.29 is 66.7 Å². The van der Waals surface area contributed by atoms with E-state index in [2.05, 4.69) is 23.6 Å². The molecule has 8 atom stereocenters. The Hall–Kier alpha value is -1.54. The van der Waals surface area contributed by atoms with E-state index in [0.29, 0.717) is 0 Å². The zero-order valence-corrected chi connectivity index (χ0v) is 22.9.